The maximum atomic E-state index is 13.9. The Bertz CT molecular complexity index is 2240. The van der Waals surface area contributed by atoms with Gasteiger partial charge in [0, 0.05) is 43.7 Å². The SMILES string of the molecule is Cc1cc(C(=O)NCCOCCOCCOCCOCCOCCCC(=O)ON2C(=O)CCC2=O)cc(C)c1OC(=O)c1c2ccccc2[n+](CCS(=O)(=O)O)c2ccccc12. The Labute approximate surface area is 359 Å². The highest BCUT2D eigenvalue weighted by atomic mass is 32.2. The van der Waals surface area contributed by atoms with E-state index in [2.05, 4.69) is 5.32 Å². The number of esters is 1. The maximum absolute atomic E-state index is 13.9. The van der Waals surface area contributed by atoms with Gasteiger partial charge >= 0.3 is 11.9 Å². The highest BCUT2D eigenvalue weighted by Gasteiger charge is 2.33. The number of fused-ring (bicyclic) bond motifs is 2. The van der Waals surface area contributed by atoms with Gasteiger partial charge in [-0.25, -0.2) is 9.59 Å². The van der Waals surface area contributed by atoms with Crippen molar-refractivity contribution in [2.45, 2.75) is 46.1 Å². The van der Waals surface area contributed by atoms with Gasteiger partial charge in [-0.05, 0) is 55.7 Å². The van der Waals surface area contributed by atoms with Gasteiger partial charge in [-0.1, -0.05) is 24.3 Å². The molecule has 0 radical (unpaired) electrons. The average Bonchev–Trinajstić information content (AvgIpc) is 3.55. The van der Waals surface area contributed by atoms with Crippen LogP contribution in [0.4, 0.5) is 0 Å². The lowest BCUT2D eigenvalue weighted by Crippen LogP contribution is -2.39. The van der Waals surface area contributed by atoms with Crippen molar-refractivity contribution in [2.24, 2.45) is 0 Å². The Balaban J connectivity index is 0.930. The molecule has 3 amide bonds. The lowest BCUT2D eigenvalue weighted by atomic mass is 10.0. The summed E-state index contributed by atoms with van der Waals surface area (Å²) in [6, 6.07) is 17.5. The number of nitrogens with one attached hydrogen (secondary N) is 1. The molecule has 1 fully saturated rings. The molecule has 0 spiro atoms. The summed E-state index contributed by atoms with van der Waals surface area (Å²) in [7, 11) is -4.24. The molecule has 2 heterocycles. The number of nitrogens with zero attached hydrogens (tertiary/aromatic N) is 2. The summed E-state index contributed by atoms with van der Waals surface area (Å²) in [6.45, 7) is 7.15. The van der Waals surface area contributed by atoms with E-state index in [-0.39, 0.29) is 44.9 Å². The molecule has 5 rings (SSSR count). The second kappa shape index (κ2) is 23.7. The molecule has 1 aliphatic rings. The van der Waals surface area contributed by atoms with E-state index in [1.165, 1.54) is 0 Å². The van der Waals surface area contributed by atoms with Gasteiger partial charge in [0.15, 0.2) is 6.54 Å². The molecule has 334 valence electrons. The van der Waals surface area contributed by atoms with Crippen LogP contribution in [0.2, 0.25) is 0 Å². The van der Waals surface area contributed by atoms with E-state index in [0.717, 1.165) is 0 Å². The second-order valence-electron chi connectivity index (χ2n) is 14.1. The number of pyridine rings is 1. The van der Waals surface area contributed by atoms with Crippen molar-refractivity contribution in [3.8, 4) is 5.75 Å². The van der Waals surface area contributed by atoms with Crippen LogP contribution < -0.4 is 14.6 Å². The minimum atomic E-state index is -4.24. The van der Waals surface area contributed by atoms with Crippen LogP contribution in [0.3, 0.4) is 0 Å². The number of rotatable bonds is 26. The summed E-state index contributed by atoms with van der Waals surface area (Å²) in [5.74, 6) is -2.80. The third-order valence-corrected chi connectivity index (χ3v) is 10.2. The van der Waals surface area contributed by atoms with Gasteiger partial charge in [0.2, 0.25) is 11.0 Å². The molecular formula is C43H52N3O15S+. The van der Waals surface area contributed by atoms with Crippen molar-refractivity contribution in [3.63, 3.8) is 0 Å². The van der Waals surface area contributed by atoms with Crippen LogP contribution in [0.25, 0.3) is 21.8 Å². The Kier molecular flexibility index (Phi) is 18.2. The van der Waals surface area contributed by atoms with Crippen LogP contribution in [-0.4, -0.2) is 126 Å². The molecule has 19 heteroatoms. The number of benzene rings is 3. The van der Waals surface area contributed by atoms with Gasteiger partial charge in [0.25, 0.3) is 27.8 Å². The van der Waals surface area contributed by atoms with E-state index in [0.29, 0.717) is 121 Å². The van der Waals surface area contributed by atoms with Gasteiger partial charge < -0.3 is 38.6 Å². The normalized spacial score (nSPS) is 13.0. The first-order valence-corrected chi connectivity index (χ1v) is 21.8. The molecule has 2 N–H and O–H groups in total. The fraction of sp³-hybridized carbons (Fsp3) is 0.442. The van der Waals surface area contributed by atoms with Crippen molar-refractivity contribution in [1.82, 2.24) is 10.4 Å². The fourth-order valence-corrected chi connectivity index (χ4v) is 7.03. The minimum absolute atomic E-state index is 0.0187. The number of ether oxygens (including phenoxy) is 6. The molecule has 0 atom stereocenters. The van der Waals surface area contributed by atoms with Gasteiger partial charge in [-0.3, -0.25) is 18.9 Å². The first-order chi connectivity index (χ1) is 29.8. The lowest BCUT2D eigenvalue weighted by molar-refractivity contribution is -0.640. The topological polar surface area (TPSA) is 223 Å². The van der Waals surface area contributed by atoms with Crippen molar-refractivity contribution >= 4 is 61.6 Å². The Morgan fingerprint density at radius 3 is 1.73 bits per heavy atom. The Hall–Kier alpha value is -5.41. The number of aromatic nitrogens is 1. The zero-order chi connectivity index (χ0) is 44.5. The molecule has 1 aromatic heterocycles. The molecule has 3 aromatic carbocycles. The number of hydrogen-bond acceptors (Lipinski definition) is 14. The average molecular weight is 883 g/mol. The molecule has 18 nitrogen and oxygen atoms in total. The largest absolute Gasteiger partial charge is 0.422 e. The van der Waals surface area contributed by atoms with Gasteiger partial charge in [0.05, 0.1) is 82.2 Å². The van der Waals surface area contributed by atoms with Gasteiger partial charge in [-0.15, -0.1) is 5.06 Å². The smallest absolute Gasteiger partial charge is 0.345 e. The molecule has 0 saturated carbocycles. The zero-order valence-corrected chi connectivity index (χ0v) is 35.6. The molecule has 1 saturated heterocycles. The van der Waals surface area contributed by atoms with E-state index in [1.807, 2.05) is 0 Å². The molecule has 1 aliphatic heterocycles. The van der Waals surface area contributed by atoms with Crippen molar-refractivity contribution < 1.29 is 74.8 Å². The number of imide groups is 1. The number of carbonyl (C=O) groups is 5. The van der Waals surface area contributed by atoms with Gasteiger partial charge in [-0.2, -0.15) is 13.0 Å². The first kappa shape index (κ1) is 47.6. The third-order valence-electron chi connectivity index (χ3n) is 9.51. The van der Waals surface area contributed by atoms with E-state index in [4.69, 9.17) is 33.3 Å². The summed E-state index contributed by atoms with van der Waals surface area (Å²) >= 11 is 0. The third kappa shape index (κ3) is 14.1. The summed E-state index contributed by atoms with van der Waals surface area (Å²) in [5.41, 5.74) is 3.04. The van der Waals surface area contributed by atoms with Crippen LogP contribution in [0, 0.1) is 13.8 Å². The Morgan fingerprint density at radius 2 is 1.21 bits per heavy atom. The fourth-order valence-electron chi connectivity index (χ4n) is 6.61. The molecule has 4 aromatic rings. The quantitative estimate of drug-likeness (QED) is 0.0176. The highest BCUT2D eigenvalue weighted by Crippen LogP contribution is 2.30. The summed E-state index contributed by atoms with van der Waals surface area (Å²) < 4.78 is 67.8. The van der Waals surface area contributed by atoms with Crippen LogP contribution in [-0.2, 0) is 59.6 Å². The molecule has 0 bridgehead atoms. The van der Waals surface area contributed by atoms with Crippen molar-refractivity contribution in [2.75, 3.05) is 78.4 Å². The van der Waals surface area contributed by atoms with Crippen LogP contribution in [0.15, 0.2) is 60.7 Å². The number of hydrogen-bond donors (Lipinski definition) is 2. The molecule has 0 unspecified atom stereocenters. The second-order valence-corrected chi connectivity index (χ2v) is 15.7. The lowest BCUT2D eigenvalue weighted by Gasteiger charge is -2.15. The van der Waals surface area contributed by atoms with Crippen molar-refractivity contribution in [1.29, 1.82) is 0 Å². The first-order valence-electron chi connectivity index (χ1n) is 20.2. The summed E-state index contributed by atoms with van der Waals surface area (Å²) in [5, 5.41) is 4.46. The van der Waals surface area contributed by atoms with Gasteiger partial charge in [0.1, 0.15) is 11.5 Å². The highest BCUT2D eigenvalue weighted by molar-refractivity contribution is 7.85. The maximum Gasteiger partial charge on any atom is 0.345 e. The number of carbonyl (C=O) groups excluding carboxylic acids is 5. The monoisotopic (exact) mass is 882 g/mol. The molecule has 0 aliphatic carbocycles. The van der Waals surface area contributed by atoms with Crippen LogP contribution in [0.1, 0.15) is 57.5 Å². The number of hydroxylamine groups is 2. The summed E-state index contributed by atoms with van der Waals surface area (Å²) in [6.07, 6.45) is 0.500. The standard InChI is InChI=1S/C43H51N3O15S/c1-30-28-32(29-31(2)41(30)60-43(51)40-33-8-3-5-10-35(33)45(16-27-62(52,53)54)36-11-6-4-9-34(36)40)42(50)44-15-18-56-20-22-58-24-26-59-25-23-57-21-19-55-17-7-12-39(49)61-46-37(47)13-14-38(46)48/h3-6,8-11,28-29H,7,12-27H2,1-2H3,(H-,44,50,52,53,54)/p+1. The van der Waals surface area contributed by atoms with Crippen LogP contribution in [0.5, 0.6) is 5.75 Å². The van der Waals surface area contributed by atoms with E-state index in [9.17, 15) is 36.9 Å². The molecule has 62 heavy (non-hydrogen) atoms. The number of aryl methyl sites for hydroxylation is 3. The van der Waals surface area contributed by atoms with E-state index >= 15 is 0 Å². The predicted molar refractivity (Wildman–Crippen MR) is 222 cm³/mol. The summed E-state index contributed by atoms with van der Waals surface area (Å²) in [4.78, 5) is 66.4. The van der Waals surface area contributed by atoms with Crippen LogP contribution >= 0.6 is 0 Å². The number of amides is 3. The predicted octanol–water partition coefficient (Wildman–Crippen LogP) is 3.20. The van der Waals surface area contributed by atoms with Crippen molar-refractivity contribution in [3.05, 3.63) is 82.9 Å². The Morgan fingerprint density at radius 1 is 0.726 bits per heavy atom. The zero-order valence-electron chi connectivity index (χ0n) is 34.8. The van der Waals surface area contributed by atoms with E-state index in [1.54, 1.807) is 79.1 Å². The molecular weight excluding hydrogens is 831 g/mol. The van der Waals surface area contributed by atoms with E-state index < -0.39 is 39.6 Å². The number of para-hydroxylation sites is 2. The minimum Gasteiger partial charge on any atom is -0.422 e.